The lowest BCUT2D eigenvalue weighted by Crippen LogP contribution is -2.22. The van der Waals surface area contributed by atoms with Crippen LogP contribution in [0.5, 0.6) is 5.75 Å². The molecule has 0 fully saturated rings. The number of hydrogen-bond acceptors (Lipinski definition) is 2. The van der Waals surface area contributed by atoms with Crippen molar-refractivity contribution in [2.75, 3.05) is 19.7 Å². The molecule has 2 heteroatoms. The van der Waals surface area contributed by atoms with Crippen LogP contribution in [0.4, 0.5) is 0 Å². The zero-order valence-corrected chi connectivity index (χ0v) is 11.2. The Morgan fingerprint density at radius 3 is 2.65 bits per heavy atom. The van der Waals surface area contributed by atoms with Crippen molar-refractivity contribution in [1.29, 1.82) is 0 Å². The molecule has 1 rings (SSSR count). The Morgan fingerprint density at radius 1 is 1.06 bits per heavy atom. The Morgan fingerprint density at radius 2 is 1.88 bits per heavy atom. The van der Waals surface area contributed by atoms with Crippen molar-refractivity contribution in [3.8, 4) is 5.75 Å². The standard InChI is InChI=1S/C15H25NO/c1-3-4-5-8-11-16-12-13-17-15-10-7-6-9-14(15)2/h6-7,9-10,16H,3-5,8,11-13H2,1-2H3. The molecule has 1 N–H and O–H groups in total. The smallest absolute Gasteiger partial charge is 0.122 e. The summed E-state index contributed by atoms with van der Waals surface area (Å²) in [4.78, 5) is 0. The van der Waals surface area contributed by atoms with Gasteiger partial charge in [0.1, 0.15) is 12.4 Å². The minimum atomic E-state index is 0.749. The van der Waals surface area contributed by atoms with Gasteiger partial charge in [-0.15, -0.1) is 0 Å². The van der Waals surface area contributed by atoms with E-state index in [1.165, 1.54) is 31.2 Å². The molecule has 0 saturated heterocycles. The number of ether oxygens (including phenoxy) is 1. The normalized spacial score (nSPS) is 10.5. The van der Waals surface area contributed by atoms with Crippen LogP contribution in [-0.4, -0.2) is 19.7 Å². The average molecular weight is 235 g/mol. The minimum absolute atomic E-state index is 0.749. The van der Waals surface area contributed by atoms with Crippen molar-refractivity contribution in [2.45, 2.75) is 39.5 Å². The van der Waals surface area contributed by atoms with Crippen molar-refractivity contribution in [3.05, 3.63) is 29.8 Å². The predicted octanol–water partition coefficient (Wildman–Crippen LogP) is 3.54. The molecule has 17 heavy (non-hydrogen) atoms. The van der Waals surface area contributed by atoms with Gasteiger partial charge in [-0.2, -0.15) is 0 Å². The second kappa shape index (κ2) is 9.06. The van der Waals surface area contributed by atoms with E-state index in [2.05, 4.69) is 25.2 Å². The molecule has 0 amide bonds. The van der Waals surface area contributed by atoms with Crippen LogP contribution in [0.15, 0.2) is 24.3 Å². The van der Waals surface area contributed by atoms with Crippen LogP contribution in [0, 0.1) is 6.92 Å². The number of hydrogen-bond donors (Lipinski definition) is 1. The fourth-order valence-electron chi connectivity index (χ4n) is 1.75. The first kappa shape index (κ1) is 14.0. The SMILES string of the molecule is CCCCCCNCCOc1ccccc1C. The third-order valence-electron chi connectivity index (χ3n) is 2.84. The Hall–Kier alpha value is -1.02. The summed E-state index contributed by atoms with van der Waals surface area (Å²) < 4.78 is 5.70. The Bertz CT molecular complexity index is 299. The summed E-state index contributed by atoms with van der Waals surface area (Å²) in [6, 6.07) is 8.15. The lowest BCUT2D eigenvalue weighted by molar-refractivity contribution is 0.311. The zero-order valence-electron chi connectivity index (χ0n) is 11.2. The average Bonchev–Trinajstić information content (AvgIpc) is 2.35. The van der Waals surface area contributed by atoms with Crippen LogP contribution < -0.4 is 10.1 Å². The highest BCUT2D eigenvalue weighted by Gasteiger charge is 1.96. The van der Waals surface area contributed by atoms with Gasteiger partial charge in [0, 0.05) is 6.54 Å². The molecule has 0 aliphatic rings. The van der Waals surface area contributed by atoms with Gasteiger partial charge in [0.15, 0.2) is 0 Å². The maximum absolute atomic E-state index is 5.70. The summed E-state index contributed by atoms with van der Waals surface area (Å²) in [6.45, 7) is 7.10. The van der Waals surface area contributed by atoms with E-state index < -0.39 is 0 Å². The monoisotopic (exact) mass is 235 g/mol. The van der Waals surface area contributed by atoms with Gasteiger partial charge in [0.25, 0.3) is 0 Å². The fourth-order valence-corrected chi connectivity index (χ4v) is 1.75. The summed E-state index contributed by atoms with van der Waals surface area (Å²) in [5, 5.41) is 3.41. The van der Waals surface area contributed by atoms with E-state index in [1.807, 2.05) is 18.2 Å². The molecule has 0 spiro atoms. The molecule has 96 valence electrons. The van der Waals surface area contributed by atoms with Crippen LogP contribution in [-0.2, 0) is 0 Å². The molecule has 0 aromatic heterocycles. The molecule has 0 saturated carbocycles. The molecular weight excluding hydrogens is 210 g/mol. The van der Waals surface area contributed by atoms with E-state index in [1.54, 1.807) is 0 Å². The third kappa shape index (κ3) is 6.32. The van der Waals surface area contributed by atoms with E-state index >= 15 is 0 Å². The van der Waals surface area contributed by atoms with Crippen molar-refractivity contribution in [2.24, 2.45) is 0 Å². The van der Waals surface area contributed by atoms with Gasteiger partial charge < -0.3 is 10.1 Å². The van der Waals surface area contributed by atoms with E-state index in [4.69, 9.17) is 4.74 Å². The van der Waals surface area contributed by atoms with Crippen LogP contribution in [0.3, 0.4) is 0 Å². The molecule has 0 aliphatic heterocycles. The summed E-state index contributed by atoms with van der Waals surface area (Å²) in [6.07, 6.45) is 5.26. The summed E-state index contributed by atoms with van der Waals surface area (Å²) in [7, 11) is 0. The van der Waals surface area contributed by atoms with Gasteiger partial charge in [-0.1, -0.05) is 44.4 Å². The second-order valence-electron chi connectivity index (χ2n) is 4.42. The van der Waals surface area contributed by atoms with E-state index in [-0.39, 0.29) is 0 Å². The number of nitrogens with one attached hydrogen (secondary N) is 1. The maximum Gasteiger partial charge on any atom is 0.122 e. The first-order valence-electron chi connectivity index (χ1n) is 6.73. The first-order valence-corrected chi connectivity index (χ1v) is 6.73. The van der Waals surface area contributed by atoms with E-state index in [9.17, 15) is 0 Å². The van der Waals surface area contributed by atoms with Crippen molar-refractivity contribution >= 4 is 0 Å². The number of para-hydroxylation sites is 1. The van der Waals surface area contributed by atoms with Crippen LogP contribution in [0.1, 0.15) is 38.2 Å². The lowest BCUT2D eigenvalue weighted by Gasteiger charge is -2.09. The number of benzene rings is 1. The molecule has 0 unspecified atom stereocenters. The van der Waals surface area contributed by atoms with Gasteiger partial charge in [0.05, 0.1) is 0 Å². The van der Waals surface area contributed by atoms with Crippen molar-refractivity contribution in [3.63, 3.8) is 0 Å². The summed E-state index contributed by atoms with van der Waals surface area (Å²) in [5.41, 5.74) is 1.20. The lowest BCUT2D eigenvalue weighted by atomic mass is 10.2. The number of aryl methyl sites for hydroxylation is 1. The predicted molar refractivity (Wildman–Crippen MR) is 73.7 cm³/mol. The molecule has 2 nitrogen and oxygen atoms in total. The highest BCUT2D eigenvalue weighted by atomic mass is 16.5. The van der Waals surface area contributed by atoms with E-state index in [0.29, 0.717) is 0 Å². The quantitative estimate of drug-likeness (QED) is 0.661. The number of rotatable bonds is 9. The van der Waals surface area contributed by atoms with Gasteiger partial charge in [0.2, 0.25) is 0 Å². The minimum Gasteiger partial charge on any atom is -0.492 e. The Labute approximate surface area is 105 Å². The zero-order chi connectivity index (χ0) is 12.3. The largest absolute Gasteiger partial charge is 0.492 e. The third-order valence-corrected chi connectivity index (χ3v) is 2.84. The molecule has 0 aliphatic carbocycles. The molecule has 0 heterocycles. The molecule has 0 bridgehead atoms. The van der Waals surface area contributed by atoms with Gasteiger partial charge in [-0.05, 0) is 31.5 Å². The van der Waals surface area contributed by atoms with E-state index in [0.717, 1.165) is 25.4 Å². The summed E-state index contributed by atoms with van der Waals surface area (Å²) >= 11 is 0. The second-order valence-corrected chi connectivity index (χ2v) is 4.42. The highest BCUT2D eigenvalue weighted by molar-refractivity contribution is 5.31. The molecule has 0 atom stereocenters. The molecular formula is C15H25NO. The van der Waals surface area contributed by atoms with Crippen LogP contribution in [0.25, 0.3) is 0 Å². The fraction of sp³-hybridized carbons (Fsp3) is 0.600. The maximum atomic E-state index is 5.70. The topological polar surface area (TPSA) is 21.3 Å². The van der Waals surface area contributed by atoms with Crippen molar-refractivity contribution < 1.29 is 4.74 Å². The van der Waals surface area contributed by atoms with Gasteiger partial charge in [-0.25, -0.2) is 0 Å². The molecule has 0 radical (unpaired) electrons. The summed E-state index contributed by atoms with van der Waals surface area (Å²) in [5.74, 6) is 1.00. The first-order chi connectivity index (χ1) is 8.34. The van der Waals surface area contributed by atoms with Crippen LogP contribution >= 0.6 is 0 Å². The van der Waals surface area contributed by atoms with Gasteiger partial charge in [-0.3, -0.25) is 0 Å². The molecule has 1 aromatic carbocycles. The Balaban J connectivity index is 1.99. The Kier molecular flexibility index (Phi) is 7.48. The number of unbranched alkanes of at least 4 members (excludes halogenated alkanes) is 3. The molecule has 1 aromatic rings. The van der Waals surface area contributed by atoms with Crippen molar-refractivity contribution in [1.82, 2.24) is 5.32 Å². The van der Waals surface area contributed by atoms with Crippen LogP contribution in [0.2, 0.25) is 0 Å². The van der Waals surface area contributed by atoms with Gasteiger partial charge >= 0.3 is 0 Å². The highest BCUT2D eigenvalue weighted by Crippen LogP contribution is 2.15.